The molecule has 0 aromatic heterocycles. The summed E-state index contributed by atoms with van der Waals surface area (Å²) in [6.07, 6.45) is 0. The van der Waals surface area contributed by atoms with Crippen LogP contribution in [0.3, 0.4) is 0 Å². The lowest BCUT2D eigenvalue weighted by molar-refractivity contribution is 0.976. The first kappa shape index (κ1) is 9.87. The molecule has 1 aliphatic rings. The summed E-state index contributed by atoms with van der Waals surface area (Å²) in [5.74, 6) is 0. The Labute approximate surface area is 92.8 Å². The Kier molecular flexibility index (Phi) is 2.99. The molecule has 1 aromatic rings. The number of nitrogens with one attached hydrogen (secondary N) is 1. The van der Waals surface area contributed by atoms with Gasteiger partial charge >= 0.3 is 0 Å². The average Bonchev–Trinajstić information content (AvgIpc) is 2.56. The fourth-order valence-corrected chi connectivity index (χ4v) is 2.18. The highest BCUT2D eigenvalue weighted by molar-refractivity contribution is 8.15. The minimum absolute atomic E-state index is 0.588. The van der Waals surface area contributed by atoms with Gasteiger partial charge in [0.05, 0.1) is 6.54 Å². The van der Waals surface area contributed by atoms with Gasteiger partial charge in [-0.05, 0) is 24.3 Å². The van der Waals surface area contributed by atoms with Gasteiger partial charge in [0.2, 0.25) is 0 Å². The van der Waals surface area contributed by atoms with Crippen LogP contribution in [0.5, 0.6) is 0 Å². The number of halogens is 1. The Hall–Kier alpha value is -0.670. The molecule has 1 heterocycles. The number of nitrogens with zero attached hydrogens (tertiary/aromatic N) is 1. The normalized spacial score (nSPS) is 20.7. The highest BCUT2D eigenvalue weighted by Gasteiger charge is 2.14. The van der Waals surface area contributed by atoms with Gasteiger partial charge < -0.3 is 5.32 Å². The van der Waals surface area contributed by atoms with Crippen molar-refractivity contribution in [3.8, 4) is 0 Å². The summed E-state index contributed by atoms with van der Waals surface area (Å²) in [5.41, 5.74) is 1.04. The second kappa shape index (κ2) is 4.24. The first-order valence-corrected chi connectivity index (χ1v) is 5.73. The lowest BCUT2D eigenvalue weighted by atomic mass is 10.3. The third kappa shape index (κ3) is 2.42. The van der Waals surface area contributed by atoms with Crippen LogP contribution >= 0.6 is 23.4 Å². The Morgan fingerprint density at radius 1 is 1.43 bits per heavy atom. The number of anilines is 1. The van der Waals surface area contributed by atoms with Gasteiger partial charge in [0.15, 0.2) is 5.17 Å². The van der Waals surface area contributed by atoms with Crippen LogP contribution in [0, 0.1) is 0 Å². The smallest absolute Gasteiger partial charge is 0.161 e. The number of aliphatic imine (C=N–C) groups is 1. The van der Waals surface area contributed by atoms with E-state index in [0.717, 1.165) is 22.4 Å². The molecule has 0 saturated carbocycles. The maximum absolute atomic E-state index is 5.79. The van der Waals surface area contributed by atoms with Crippen LogP contribution in [0.15, 0.2) is 29.3 Å². The quantitative estimate of drug-likeness (QED) is 0.795. The van der Waals surface area contributed by atoms with Crippen LogP contribution in [-0.2, 0) is 0 Å². The minimum atomic E-state index is 0.588. The topological polar surface area (TPSA) is 24.4 Å². The summed E-state index contributed by atoms with van der Waals surface area (Å²) in [6.45, 7) is 3.07. The van der Waals surface area contributed by atoms with E-state index in [1.54, 1.807) is 11.8 Å². The zero-order chi connectivity index (χ0) is 9.97. The van der Waals surface area contributed by atoms with E-state index in [1.165, 1.54) is 0 Å². The molecule has 0 amide bonds. The predicted molar refractivity (Wildman–Crippen MR) is 64.4 cm³/mol. The molecule has 0 saturated heterocycles. The van der Waals surface area contributed by atoms with Crippen LogP contribution in [0.2, 0.25) is 5.02 Å². The summed E-state index contributed by atoms with van der Waals surface area (Å²) in [7, 11) is 0. The molecule has 0 spiro atoms. The third-order valence-corrected chi connectivity index (χ3v) is 3.16. The van der Waals surface area contributed by atoms with Crippen LogP contribution in [0.1, 0.15) is 6.92 Å². The first-order chi connectivity index (χ1) is 6.74. The molecule has 2 nitrogen and oxygen atoms in total. The number of benzene rings is 1. The van der Waals surface area contributed by atoms with Crippen molar-refractivity contribution in [3.05, 3.63) is 29.3 Å². The molecule has 0 unspecified atom stereocenters. The van der Waals surface area contributed by atoms with E-state index < -0.39 is 0 Å². The summed E-state index contributed by atoms with van der Waals surface area (Å²) < 4.78 is 0. The molecule has 74 valence electrons. The standard InChI is InChI=1S/C10H11ClN2S/c1-7-6-12-10(14-7)13-9-4-2-8(11)3-5-9/h2-5,7H,6H2,1H3,(H,12,13)/t7-/m0/s1. The van der Waals surface area contributed by atoms with Gasteiger partial charge in [0, 0.05) is 16.0 Å². The van der Waals surface area contributed by atoms with Crippen LogP contribution < -0.4 is 5.32 Å². The van der Waals surface area contributed by atoms with Crippen molar-refractivity contribution >= 4 is 34.2 Å². The van der Waals surface area contributed by atoms with E-state index in [0.29, 0.717) is 5.25 Å². The maximum atomic E-state index is 5.79. The van der Waals surface area contributed by atoms with Crippen molar-refractivity contribution < 1.29 is 0 Å². The average molecular weight is 227 g/mol. The van der Waals surface area contributed by atoms with Gasteiger partial charge in [0.25, 0.3) is 0 Å². The molecule has 0 fully saturated rings. The fraction of sp³-hybridized carbons (Fsp3) is 0.300. The Morgan fingerprint density at radius 3 is 2.71 bits per heavy atom. The van der Waals surface area contributed by atoms with Crippen molar-refractivity contribution in [1.82, 2.24) is 0 Å². The molecular formula is C10H11ClN2S. The maximum Gasteiger partial charge on any atom is 0.161 e. The van der Waals surface area contributed by atoms with Gasteiger partial charge in [-0.2, -0.15) is 0 Å². The van der Waals surface area contributed by atoms with E-state index in [2.05, 4.69) is 17.2 Å². The molecule has 14 heavy (non-hydrogen) atoms. The Bertz CT molecular complexity index is 348. The Morgan fingerprint density at radius 2 is 2.14 bits per heavy atom. The van der Waals surface area contributed by atoms with Gasteiger partial charge in [-0.15, -0.1) is 0 Å². The third-order valence-electron chi connectivity index (χ3n) is 1.90. The number of rotatable bonds is 1. The lowest BCUT2D eigenvalue weighted by Gasteiger charge is -2.05. The second-order valence-corrected chi connectivity index (χ2v) is 5.07. The minimum Gasteiger partial charge on any atom is -0.335 e. The number of amidine groups is 1. The molecule has 1 aromatic carbocycles. The van der Waals surface area contributed by atoms with Crippen LogP contribution in [-0.4, -0.2) is 17.0 Å². The summed E-state index contributed by atoms with van der Waals surface area (Å²) in [5, 5.41) is 5.59. The highest BCUT2D eigenvalue weighted by Crippen LogP contribution is 2.22. The SMILES string of the molecule is C[C@H]1CN=C(Nc2ccc(Cl)cc2)S1. The van der Waals surface area contributed by atoms with Crippen LogP contribution in [0.4, 0.5) is 5.69 Å². The van der Waals surface area contributed by atoms with E-state index in [1.807, 2.05) is 24.3 Å². The fourth-order valence-electron chi connectivity index (χ4n) is 1.20. The first-order valence-electron chi connectivity index (χ1n) is 4.48. The monoisotopic (exact) mass is 226 g/mol. The molecular weight excluding hydrogens is 216 g/mol. The lowest BCUT2D eigenvalue weighted by Crippen LogP contribution is -2.05. The largest absolute Gasteiger partial charge is 0.335 e. The van der Waals surface area contributed by atoms with Gasteiger partial charge in [-0.25, -0.2) is 0 Å². The Balaban J connectivity index is 2.01. The molecule has 2 rings (SSSR count). The molecule has 1 N–H and O–H groups in total. The van der Waals surface area contributed by atoms with Gasteiger partial charge in [-0.1, -0.05) is 30.3 Å². The number of hydrogen-bond donors (Lipinski definition) is 1. The summed E-state index contributed by atoms with van der Waals surface area (Å²) >= 11 is 7.56. The summed E-state index contributed by atoms with van der Waals surface area (Å²) in [4.78, 5) is 4.37. The van der Waals surface area contributed by atoms with Crippen molar-refractivity contribution in [3.63, 3.8) is 0 Å². The van der Waals surface area contributed by atoms with E-state index in [-0.39, 0.29) is 0 Å². The van der Waals surface area contributed by atoms with Crippen molar-refractivity contribution in [2.24, 2.45) is 4.99 Å². The highest BCUT2D eigenvalue weighted by atomic mass is 35.5. The van der Waals surface area contributed by atoms with Crippen molar-refractivity contribution in [2.75, 3.05) is 11.9 Å². The second-order valence-electron chi connectivity index (χ2n) is 3.21. The summed E-state index contributed by atoms with van der Waals surface area (Å²) in [6, 6.07) is 7.64. The predicted octanol–water partition coefficient (Wildman–Crippen LogP) is 3.24. The number of thioether (sulfide) groups is 1. The molecule has 4 heteroatoms. The van der Waals surface area contributed by atoms with Gasteiger partial charge in [-0.3, -0.25) is 4.99 Å². The number of hydrogen-bond acceptors (Lipinski definition) is 3. The van der Waals surface area contributed by atoms with Gasteiger partial charge in [0.1, 0.15) is 0 Å². The van der Waals surface area contributed by atoms with E-state index in [9.17, 15) is 0 Å². The molecule has 1 atom stereocenters. The molecule has 0 aliphatic carbocycles. The van der Waals surface area contributed by atoms with Crippen molar-refractivity contribution in [1.29, 1.82) is 0 Å². The molecule has 0 radical (unpaired) electrons. The van der Waals surface area contributed by atoms with E-state index in [4.69, 9.17) is 11.6 Å². The van der Waals surface area contributed by atoms with Crippen molar-refractivity contribution in [2.45, 2.75) is 12.2 Å². The molecule has 1 aliphatic heterocycles. The zero-order valence-electron chi connectivity index (χ0n) is 7.83. The van der Waals surface area contributed by atoms with E-state index >= 15 is 0 Å². The van der Waals surface area contributed by atoms with Crippen LogP contribution in [0.25, 0.3) is 0 Å². The zero-order valence-corrected chi connectivity index (χ0v) is 9.40. The molecule has 0 bridgehead atoms.